The van der Waals surface area contributed by atoms with E-state index in [-0.39, 0.29) is 0 Å². The number of anilines is 1. The Morgan fingerprint density at radius 3 is 2.79 bits per heavy atom. The zero-order chi connectivity index (χ0) is 16.8. The van der Waals surface area contributed by atoms with Gasteiger partial charge in [-0.3, -0.25) is 9.88 Å². The Labute approximate surface area is 143 Å². The summed E-state index contributed by atoms with van der Waals surface area (Å²) in [6.45, 7) is 9.11. The molecule has 3 heterocycles. The van der Waals surface area contributed by atoms with E-state index in [1.165, 1.54) is 0 Å². The van der Waals surface area contributed by atoms with Gasteiger partial charge < -0.3 is 5.32 Å². The van der Waals surface area contributed by atoms with Crippen molar-refractivity contribution >= 4 is 5.82 Å². The molecule has 24 heavy (non-hydrogen) atoms. The normalized spacial score (nSPS) is 16.0. The highest BCUT2D eigenvalue weighted by Crippen LogP contribution is 2.19. The average molecular weight is 323 g/mol. The van der Waals surface area contributed by atoms with Crippen LogP contribution in [-0.4, -0.2) is 45.5 Å². The number of aromatic nitrogens is 3. The number of rotatable bonds is 6. The molecule has 1 N–H and O–H groups in total. The second kappa shape index (κ2) is 8.02. The maximum absolute atomic E-state index is 4.69. The lowest BCUT2D eigenvalue weighted by Crippen LogP contribution is -2.39. The highest BCUT2D eigenvalue weighted by molar-refractivity contribution is 5.53. The maximum atomic E-state index is 4.69. The molecule has 5 nitrogen and oxygen atoms in total. The van der Waals surface area contributed by atoms with Crippen LogP contribution in [0.1, 0.15) is 25.5 Å². The molecule has 5 heteroatoms. The Balaban J connectivity index is 1.73. The summed E-state index contributed by atoms with van der Waals surface area (Å²) in [7, 11) is 0. The number of likely N-dealkylation sites (tertiary alicyclic amines) is 1. The van der Waals surface area contributed by atoms with Crippen LogP contribution in [0.5, 0.6) is 0 Å². The summed E-state index contributed by atoms with van der Waals surface area (Å²) in [5.41, 5.74) is 1.86. The van der Waals surface area contributed by atoms with Crippen molar-refractivity contribution in [2.24, 2.45) is 0 Å². The van der Waals surface area contributed by atoms with Crippen LogP contribution in [0.25, 0.3) is 11.5 Å². The van der Waals surface area contributed by atoms with Crippen molar-refractivity contribution in [3.05, 3.63) is 48.8 Å². The average Bonchev–Trinajstić information content (AvgIpc) is 2.64. The first kappa shape index (κ1) is 16.6. The second-order valence-corrected chi connectivity index (χ2v) is 6.14. The molecule has 3 rings (SSSR count). The van der Waals surface area contributed by atoms with Crippen molar-refractivity contribution in [2.75, 3.05) is 25.0 Å². The van der Waals surface area contributed by atoms with Crippen LogP contribution in [0.15, 0.2) is 43.1 Å². The van der Waals surface area contributed by atoms with Crippen LogP contribution >= 0.6 is 0 Å². The summed E-state index contributed by atoms with van der Waals surface area (Å²) in [5, 5.41) is 3.60. The molecule has 1 aliphatic heterocycles. The molecule has 0 aliphatic carbocycles. The molecule has 2 aromatic heterocycles. The molecule has 1 fully saturated rings. The van der Waals surface area contributed by atoms with Crippen molar-refractivity contribution in [1.82, 2.24) is 19.9 Å². The number of piperidine rings is 1. The van der Waals surface area contributed by atoms with Crippen molar-refractivity contribution in [1.29, 1.82) is 0 Å². The number of aryl methyl sites for hydroxylation is 1. The molecule has 0 unspecified atom stereocenters. The first-order valence-corrected chi connectivity index (χ1v) is 8.67. The fraction of sp³-hybridized carbons (Fsp3) is 0.421. The third kappa shape index (κ3) is 4.17. The van der Waals surface area contributed by atoms with Crippen LogP contribution in [0.3, 0.4) is 0 Å². The highest BCUT2D eigenvalue weighted by Gasteiger charge is 2.19. The molecule has 1 saturated heterocycles. The summed E-state index contributed by atoms with van der Waals surface area (Å²) in [6.07, 6.45) is 6.88. The van der Waals surface area contributed by atoms with Gasteiger partial charge in [0.1, 0.15) is 11.5 Å². The van der Waals surface area contributed by atoms with Gasteiger partial charge in [0, 0.05) is 43.6 Å². The first-order chi connectivity index (χ1) is 11.8. The number of pyridine rings is 1. The van der Waals surface area contributed by atoms with Gasteiger partial charge in [0.15, 0.2) is 5.82 Å². The molecular formula is C19H25N5. The molecule has 0 radical (unpaired) electrons. The Bertz CT molecular complexity index is 663. The van der Waals surface area contributed by atoms with Crippen molar-refractivity contribution < 1.29 is 0 Å². The van der Waals surface area contributed by atoms with Crippen LogP contribution < -0.4 is 5.32 Å². The Hall–Kier alpha value is -2.27. The SMILES string of the molecule is C=CCN1CCC(Nc2cc(CC)nc(-c3ccccn3)n2)CC1. The van der Waals surface area contributed by atoms with E-state index in [2.05, 4.69) is 44.7 Å². The minimum absolute atomic E-state index is 0.460. The van der Waals surface area contributed by atoms with E-state index in [1.54, 1.807) is 6.20 Å². The lowest BCUT2D eigenvalue weighted by Gasteiger charge is -2.31. The van der Waals surface area contributed by atoms with E-state index in [9.17, 15) is 0 Å². The monoisotopic (exact) mass is 323 g/mol. The van der Waals surface area contributed by atoms with E-state index >= 15 is 0 Å². The Morgan fingerprint density at radius 2 is 2.12 bits per heavy atom. The molecule has 0 bridgehead atoms. The van der Waals surface area contributed by atoms with E-state index in [0.717, 1.165) is 56.1 Å². The van der Waals surface area contributed by atoms with Gasteiger partial charge in [-0.1, -0.05) is 19.1 Å². The lowest BCUT2D eigenvalue weighted by molar-refractivity contribution is 0.240. The summed E-state index contributed by atoms with van der Waals surface area (Å²) in [5.74, 6) is 1.60. The van der Waals surface area contributed by atoms with E-state index < -0.39 is 0 Å². The summed E-state index contributed by atoms with van der Waals surface area (Å²) >= 11 is 0. The molecule has 0 saturated carbocycles. The standard InChI is InChI=1S/C19H25N5/c1-3-11-24-12-8-16(9-13-24)21-18-14-15(4-2)22-19(23-18)17-7-5-6-10-20-17/h3,5-7,10,14,16H,1,4,8-9,11-13H2,2H3,(H,21,22,23). The van der Waals surface area contributed by atoms with Gasteiger partial charge >= 0.3 is 0 Å². The zero-order valence-corrected chi connectivity index (χ0v) is 14.3. The fourth-order valence-corrected chi connectivity index (χ4v) is 3.01. The van der Waals surface area contributed by atoms with Crippen molar-refractivity contribution in [3.63, 3.8) is 0 Å². The Morgan fingerprint density at radius 1 is 1.29 bits per heavy atom. The molecule has 2 aromatic rings. The van der Waals surface area contributed by atoms with Gasteiger partial charge in [0.05, 0.1) is 0 Å². The molecular weight excluding hydrogens is 298 g/mol. The topological polar surface area (TPSA) is 53.9 Å². The molecule has 126 valence electrons. The minimum atomic E-state index is 0.460. The van der Waals surface area contributed by atoms with E-state index in [1.807, 2.05) is 24.3 Å². The summed E-state index contributed by atoms with van der Waals surface area (Å²) < 4.78 is 0. The second-order valence-electron chi connectivity index (χ2n) is 6.14. The highest BCUT2D eigenvalue weighted by atomic mass is 15.1. The predicted molar refractivity (Wildman–Crippen MR) is 97.9 cm³/mol. The minimum Gasteiger partial charge on any atom is -0.367 e. The number of nitrogens with one attached hydrogen (secondary N) is 1. The summed E-state index contributed by atoms with van der Waals surface area (Å²) in [4.78, 5) is 16.1. The third-order valence-corrected chi connectivity index (χ3v) is 4.36. The molecule has 1 aliphatic rings. The van der Waals surface area contributed by atoms with Gasteiger partial charge in [-0.15, -0.1) is 6.58 Å². The molecule has 0 spiro atoms. The van der Waals surface area contributed by atoms with Crippen LogP contribution in [0.2, 0.25) is 0 Å². The maximum Gasteiger partial charge on any atom is 0.180 e. The predicted octanol–water partition coefficient (Wildman–Crippen LogP) is 3.16. The van der Waals surface area contributed by atoms with Gasteiger partial charge in [0.25, 0.3) is 0 Å². The largest absolute Gasteiger partial charge is 0.367 e. The van der Waals surface area contributed by atoms with E-state index in [4.69, 9.17) is 0 Å². The van der Waals surface area contributed by atoms with Crippen LogP contribution in [-0.2, 0) is 6.42 Å². The number of hydrogen-bond donors (Lipinski definition) is 1. The van der Waals surface area contributed by atoms with Gasteiger partial charge in [-0.2, -0.15) is 0 Å². The fourth-order valence-electron chi connectivity index (χ4n) is 3.01. The third-order valence-electron chi connectivity index (χ3n) is 4.36. The number of nitrogens with zero attached hydrogens (tertiary/aromatic N) is 4. The van der Waals surface area contributed by atoms with Gasteiger partial charge in [-0.05, 0) is 31.4 Å². The zero-order valence-electron chi connectivity index (χ0n) is 14.3. The smallest absolute Gasteiger partial charge is 0.180 e. The Kier molecular flexibility index (Phi) is 5.54. The molecule has 0 amide bonds. The van der Waals surface area contributed by atoms with Crippen LogP contribution in [0, 0.1) is 0 Å². The van der Waals surface area contributed by atoms with E-state index in [0.29, 0.717) is 11.9 Å². The molecule has 0 atom stereocenters. The first-order valence-electron chi connectivity index (χ1n) is 8.67. The quantitative estimate of drug-likeness (QED) is 0.828. The van der Waals surface area contributed by atoms with Crippen molar-refractivity contribution in [2.45, 2.75) is 32.2 Å². The van der Waals surface area contributed by atoms with Gasteiger partial charge in [-0.25, -0.2) is 9.97 Å². The van der Waals surface area contributed by atoms with Crippen molar-refractivity contribution in [3.8, 4) is 11.5 Å². The number of hydrogen-bond acceptors (Lipinski definition) is 5. The lowest BCUT2D eigenvalue weighted by atomic mass is 10.1. The van der Waals surface area contributed by atoms with Crippen LogP contribution in [0.4, 0.5) is 5.82 Å². The van der Waals surface area contributed by atoms with Gasteiger partial charge in [0.2, 0.25) is 0 Å². The molecule has 0 aromatic carbocycles. The summed E-state index contributed by atoms with van der Waals surface area (Å²) in [6, 6.07) is 8.34.